The maximum Gasteiger partial charge on any atom is 0.226 e. The highest BCUT2D eigenvalue weighted by Crippen LogP contribution is 2.19. The van der Waals surface area contributed by atoms with E-state index in [1.54, 1.807) is 6.26 Å². The third-order valence-corrected chi connectivity index (χ3v) is 2.64. The number of hydrogen-bond acceptors (Lipinski definition) is 3. The Hall–Kier alpha value is -2.05. The molecule has 0 N–H and O–H groups in total. The van der Waals surface area contributed by atoms with E-state index in [4.69, 9.17) is 10.8 Å². The van der Waals surface area contributed by atoms with Gasteiger partial charge in [0.1, 0.15) is 6.26 Å². The van der Waals surface area contributed by atoms with Crippen molar-refractivity contribution in [2.24, 2.45) is 0 Å². The van der Waals surface area contributed by atoms with E-state index in [0.717, 1.165) is 11.3 Å². The lowest BCUT2D eigenvalue weighted by atomic mass is 10.1. The zero-order valence-corrected chi connectivity index (χ0v) is 10.7. The van der Waals surface area contributed by atoms with Gasteiger partial charge in [0.05, 0.1) is 12.2 Å². The van der Waals surface area contributed by atoms with Crippen molar-refractivity contribution >= 4 is 0 Å². The number of hydrogen-bond donors (Lipinski definition) is 0. The monoisotopic (exact) mass is 240 g/mol. The lowest BCUT2D eigenvalue weighted by Crippen LogP contribution is -2.17. The number of nitrogens with zero attached hydrogens (tertiary/aromatic N) is 2. The van der Waals surface area contributed by atoms with Gasteiger partial charge in [-0.25, -0.2) is 4.98 Å². The summed E-state index contributed by atoms with van der Waals surface area (Å²) < 4.78 is 5.48. The Bertz CT molecular complexity index is 549. The van der Waals surface area contributed by atoms with Crippen LogP contribution in [0.1, 0.15) is 11.3 Å². The van der Waals surface area contributed by atoms with E-state index < -0.39 is 0 Å². The Kier molecular flexibility index (Phi) is 3.81. The zero-order valence-electron chi connectivity index (χ0n) is 10.7. The number of terminal acetylenes is 1. The molecule has 1 aromatic carbocycles. The summed E-state index contributed by atoms with van der Waals surface area (Å²) in [5.74, 6) is 3.25. The van der Waals surface area contributed by atoms with Crippen molar-refractivity contribution < 1.29 is 4.42 Å². The van der Waals surface area contributed by atoms with Gasteiger partial charge >= 0.3 is 0 Å². The maximum absolute atomic E-state index is 5.48. The number of oxazole rings is 1. The van der Waals surface area contributed by atoms with Crippen LogP contribution in [0, 0.1) is 19.3 Å². The molecule has 0 unspecified atom stereocenters. The van der Waals surface area contributed by atoms with Crippen LogP contribution in [0.3, 0.4) is 0 Å². The quantitative estimate of drug-likeness (QED) is 0.769. The van der Waals surface area contributed by atoms with Gasteiger partial charge in [-0.2, -0.15) is 0 Å². The lowest BCUT2D eigenvalue weighted by Gasteiger charge is -2.09. The molecule has 0 aliphatic heterocycles. The first-order valence-corrected chi connectivity index (χ1v) is 5.82. The van der Waals surface area contributed by atoms with Crippen molar-refractivity contribution in [3.05, 3.63) is 41.8 Å². The van der Waals surface area contributed by atoms with Crippen molar-refractivity contribution in [1.82, 2.24) is 9.88 Å². The van der Waals surface area contributed by atoms with Gasteiger partial charge in [0, 0.05) is 12.1 Å². The van der Waals surface area contributed by atoms with Crippen molar-refractivity contribution in [3.63, 3.8) is 0 Å². The summed E-state index contributed by atoms with van der Waals surface area (Å²) in [4.78, 5) is 6.47. The Balaban J connectivity index is 2.11. The van der Waals surface area contributed by atoms with Gasteiger partial charge in [-0.15, -0.1) is 6.42 Å². The van der Waals surface area contributed by atoms with Gasteiger partial charge in [-0.1, -0.05) is 23.6 Å². The largest absolute Gasteiger partial charge is 0.444 e. The van der Waals surface area contributed by atoms with Gasteiger partial charge in [-0.3, -0.25) is 4.90 Å². The second-order valence-electron chi connectivity index (χ2n) is 4.39. The SMILES string of the molecule is C#CCN(C)Cc1coc(-c2ccc(C)cc2)n1. The molecule has 3 heteroatoms. The van der Waals surface area contributed by atoms with Crippen molar-refractivity contribution in [2.75, 3.05) is 13.6 Å². The molecule has 18 heavy (non-hydrogen) atoms. The van der Waals surface area contributed by atoms with Crippen molar-refractivity contribution in [3.8, 4) is 23.8 Å². The summed E-state index contributed by atoms with van der Waals surface area (Å²) in [7, 11) is 1.96. The van der Waals surface area contributed by atoms with Gasteiger partial charge in [0.25, 0.3) is 0 Å². The molecular weight excluding hydrogens is 224 g/mol. The summed E-state index contributed by atoms with van der Waals surface area (Å²) >= 11 is 0. The molecule has 1 aromatic heterocycles. The number of benzene rings is 1. The Morgan fingerprint density at radius 2 is 2.06 bits per heavy atom. The molecule has 0 atom stereocenters. The molecule has 1 heterocycles. The minimum absolute atomic E-state index is 0.604. The topological polar surface area (TPSA) is 29.3 Å². The summed E-state index contributed by atoms with van der Waals surface area (Å²) in [6.07, 6.45) is 6.94. The second kappa shape index (κ2) is 5.52. The van der Waals surface area contributed by atoms with Crippen LogP contribution in [0.2, 0.25) is 0 Å². The molecule has 0 fully saturated rings. The van der Waals surface area contributed by atoms with Gasteiger partial charge in [-0.05, 0) is 26.1 Å². The molecule has 0 saturated carbocycles. The normalized spacial score (nSPS) is 10.6. The first-order valence-electron chi connectivity index (χ1n) is 5.82. The number of aromatic nitrogens is 1. The number of rotatable bonds is 4. The third-order valence-electron chi connectivity index (χ3n) is 2.64. The highest BCUT2D eigenvalue weighted by Gasteiger charge is 2.07. The fourth-order valence-electron chi connectivity index (χ4n) is 1.70. The van der Waals surface area contributed by atoms with Gasteiger partial charge < -0.3 is 4.42 Å². The molecule has 3 nitrogen and oxygen atoms in total. The first-order chi connectivity index (χ1) is 8.69. The first kappa shape index (κ1) is 12.4. The summed E-state index contributed by atoms with van der Waals surface area (Å²) in [6.45, 7) is 3.35. The summed E-state index contributed by atoms with van der Waals surface area (Å²) in [6, 6.07) is 8.11. The fourth-order valence-corrected chi connectivity index (χ4v) is 1.70. The highest BCUT2D eigenvalue weighted by molar-refractivity contribution is 5.53. The van der Waals surface area contributed by atoms with E-state index in [-0.39, 0.29) is 0 Å². The predicted molar refractivity (Wildman–Crippen MR) is 71.8 cm³/mol. The van der Waals surface area contributed by atoms with Crippen molar-refractivity contribution in [2.45, 2.75) is 13.5 Å². The van der Waals surface area contributed by atoms with Crippen LogP contribution in [0.5, 0.6) is 0 Å². The maximum atomic E-state index is 5.48. The lowest BCUT2D eigenvalue weighted by molar-refractivity contribution is 0.363. The highest BCUT2D eigenvalue weighted by atomic mass is 16.3. The molecule has 0 aliphatic rings. The second-order valence-corrected chi connectivity index (χ2v) is 4.39. The van der Waals surface area contributed by atoms with Crippen LogP contribution in [0.4, 0.5) is 0 Å². The van der Waals surface area contributed by atoms with E-state index in [1.165, 1.54) is 5.56 Å². The van der Waals surface area contributed by atoms with Crippen LogP contribution >= 0.6 is 0 Å². The Morgan fingerprint density at radius 3 is 2.72 bits per heavy atom. The van der Waals surface area contributed by atoms with Crippen LogP contribution in [0.25, 0.3) is 11.5 Å². The summed E-state index contributed by atoms with van der Waals surface area (Å²) in [5.41, 5.74) is 3.11. The third kappa shape index (κ3) is 2.99. The molecule has 92 valence electrons. The standard InChI is InChI=1S/C15H16N2O/c1-4-9-17(3)10-14-11-18-15(16-14)13-7-5-12(2)6-8-13/h1,5-8,11H,9-10H2,2-3H3. The smallest absolute Gasteiger partial charge is 0.226 e. The number of aryl methyl sites for hydroxylation is 1. The van der Waals surface area contributed by atoms with Gasteiger partial charge in [0.2, 0.25) is 5.89 Å². The van der Waals surface area contributed by atoms with E-state index in [0.29, 0.717) is 19.0 Å². The van der Waals surface area contributed by atoms with Gasteiger partial charge in [0.15, 0.2) is 0 Å². The predicted octanol–water partition coefficient (Wildman–Crippen LogP) is 2.72. The minimum atomic E-state index is 0.604. The van der Waals surface area contributed by atoms with Crippen LogP contribution < -0.4 is 0 Å². The minimum Gasteiger partial charge on any atom is -0.444 e. The molecule has 0 aliphatic carbocycles. The average molecular weight is 240 g/mol. The van der Waals surface area contributed by atoms with Crippen LogP contribution in [-0.4, -0.2) is 23.5 Å². The Morgan fingerprint density at radius 1 is 1.33 bits per heavy atom. The van der Waals surface area contributed by atoms with E-state index in [9.17, 15) is 0 Å². The molecule has 0 saturated heterocycles. The molecule has 0 spiro atoms. The van der Waals surface area contributed by atoms with E-state index in [2.05, 4.69) is 17.8 Å². The molecule has 0 radical (unpaired) electrons. The van der Waals surface area contributed by atoms with Crippen molar-refractivity contribution in [1.29, 1.82) is 0 Å². The van der Waals surface area contributed by atoms with E-state index in [1.807, 2.05) is 36.2 Å². The van der Waals surface area contributed by atoms with E-state index >= 15 is 0 Å². The Labute approximate surface area is 107 Å². The molecular formula is C15H16N2O. The summed E-state index contributed by atoms with van der Waals surface area (Å²) in [5, 5.41) is 0. The molecule has 2 aromatic rings. The average Bonchev–Trinajstić information content (AvgIpc) is 2.78. The fraction of sp³-hybridized carbons (Fsp3) is 0.267. The molecule has 0 amide bonds. The van der Waals surface area contributed by atoms with Crippen LogP contribution in [0.15, 0.2) is 34.9 Å². The molecule has 0 bridgehead atoms. The van der Waals surface area contributed by atoms with Crippen LogP contribution in [-0.2, 0) is 6.54 Å². The zero-order chi connectivity index (χ0) is 13.0. The molecule has 2 rings (SSSR count).